The van der Waals surface area contributed by atoms with E-state index in [1.165, 1.54) is 7.11 Å². The number of rotatable bonds is 8. The Balaban J connectivity index is 1.81. The smallest absolute Gasteiger partial charge is 0.305 e. The average Bonchev–Trinajstić information content (AvgIpc) is 3.20. The molecule has 0 spiro atoms. The zero-order chi connectivity index (χ0) is 21.7. The second-order valence-corrected chi connectivity index (χ2v) is 6.44. The summed E-state index contributed by atoms with van der Waals surface area (Å²) in [4.78, 5) is 22.9. The van der Waals surface area contributed by atoms with Crippen molar-refractivity contribution in [2.24, 2.45) is 5.73 Å². The number of benzene rings is 2. The molecule has 0 bridgehead atoms. The maximum atomic E-state index is 12.2. The number of carboxylic acids is 1. The highest BCUT2D eigenvalue weighted by atomic mass is 16.7. The molecule has 1 heterocycles. The van der Waals surface area contributed by atoms with Gasteiger partial charge < -0.3 is 35.1 Å². The fraction of sp³-hybridized carbons (Fsp3) is 0.238. The van der Waals surface area contributed by atoms with Crippen LogP contribution in [0, 0.1) is 0 Å². The lowest BCUT2D eigenvalue weighted by Gasteiger charge is -2.14. The van der Waals surface area contributed by atoms with E-state index in [0.717, 1.165) is 11.1 Å². The number of methoxy groups -OCH3 is 2. The van der Waals surface area contributed by atoms with Gasteiger partial charge in [0.05, 0.1) is 32.4 Å². The van der Waals surface area contributed by atoms with Crippen LogP contribution in [0.25, 0.3) is 12.2 Å². The van der Waals surface area contributed by atoms with Gasteiger partial charge in [0, 0.05) is 0 Å². The molecule has 2 aromatic carbocycles. The van der Waals surface area contributed by atoms with E-state index >= 15 is 0 Å². The molecule has 0 radical (unpaired) electrons. The molecule has 0 aromatic heterocycles. The molecule has 0 saturated heterocycles. The van der Waals surface area contributed by atoms with E-state index in [1.807, 2.05) is 30.4 Å². The summed E-state index contributed by atoms with van der Waals surface area (Å²) in [5, 5.41) is 11.4. The van der Waals surface area contributed by atoms with Crippen LogP contribution in [0.4, 0.5) is 5.69 Å². The molecule has 0 fully saturated rings. The van der Waals surface area contributed by atoms with E-state index < -0.39 is 24.3 Å². The minimum absolute atomic E-state index is 0.143. The Morgan fingerprint density at radius 3 is 2.57 bits per heavy atom. The number of fused-ring (bicyclic) bond motifs is 1. The highest BCUT2D eigenvalue weighted by Gasteiger charge is 2.20. The van der Waals surface area contributed by atoms with E-state index in [2.05, 4.69) is 5.32 Å². The van der Waals surface area contributed by atoms with Crippen LogP contribution in [0.1, 0.15) is 17.5 Å². The van der Waals surface area contributed by atoms with Crippen molar-refractivity contribution in [3.05, 3.63) is 41.5 Å². The van der Waals surface area contributed by atoms with Crippen LogP contribution >= 0.6 is 0 Å². The molecule has 0 unspecified atom stereocenters. The van der Waals surface area contributed by atoms with Gasteiger partial charge >= 0.3 is 5.97 Å². The van der Waals surface area contributed by atoms with Crippen molar-refractivity contribution in [2.45, 2.75) is 12.5 Å². The molecule has 9 nitrogen and oxygen atoms in total. The monoisotopic (exact) mass is 414 g/mol. The third-order valence-corrected chi connectivity index (χ3v) is 4.36. The minimum Gasteiger partial charge on any atom is -0.495 e. The lowest BCUT2D eigenvalue weighted by molar-refractivity contribution is -0.138. The SMILES string of the molecule is COc1ccc(/C=C\c2cc(OC)c3c(c2)OCO3)cc1NC(=O)[C@@H](N)CC(=O)O. The normalized spacial score (nSPS) is 13.2. The van der Waals surface area contributed by atoms with Crippen molar-refractivity contribution in [2.75, 3.05) is 26.3 Å². The van der Waals surface area contributed by atoms with Crippen LogP contribution in [-0.2, 0) is 9.59 Å². The number of nitrogens with one attached hydrogen (secondary N) is 1. The molecule has 158 valence electrons. The maximum absolute atomic E-state index is 12.2. The van der Waals surface area contributed by atoms with Gasteiger partial charge in [-0.25, -0.2) is 0 Å². The quantitative estimate of drug-likeness (QED) is 0.562. The van der Waals surface area contributed by atoms with Crippen molar-refractivity contribution in [3.63, 3.8) is 0 Å². The van der Waals surface area contributed by atoms with Gasteiger partial charge in [-0.05, 0) is 35.4 Å². The van der Waals surface area contributed by atoms with Crippen LogP contribution in [0.15, 0.2) is 30.3 Å². The highest BCUT2D eigenvalue weighted by molar-refractivity contribution is 5.98. The fourth-order valence-electron chi connectivity index (χ4n) is 2.87. The molecule has 1 atom stereocenters. The van der Waals surface area contributed by atoms with Crippen LogP contribution in [0.5, 0.6) is 23.0 Å². The van der Waals surface area contributed by atoms with E-state index in [9.17, 15) is 9.59 Å². The third kappa shape index (κ3) is 4.81. The number of nitrogens with two attached hydrogens (primary N) is 1. The summed E-state index contributed by atoms with van der Waals surface area (Å²) in [5.41, 5.74) is 7.61. The van der Waals surface area contributed by atoms with Gasteiger partial charge in [0.1, 0.15) is 5.75 Å². The Morgan fingerprint density at radius 1 is 1.13 bits per heavy atom. The van der Waals surface area contributed by atoms with E-state index in [1.54, 1.807) is 19.2 Å². The summed E-state index contributed by atoms with van der Waals surface area (Å²) in [6.45, 7) is 0.143. The maximum Gasteiger partial charge on any atom is 0.305 e. The molecular weight excluding hydrogens is 392 g/mol. The summed E-state index contributed by atoms with van der Waals surface area (Å²) < 4.78 is 21.4. The minimum atomic E-state index is -1.17. The van der Waals surface area contributed by atoms with E-state index in [4.69, 9.17) is 29.8 Å². The first-order chi connectivity index (χ1) is 14.4. The zero-order valence-electron chi connectivity index (χ0n) is 16.5. The van der Waals surface area contributed by atoms with Crippen molar-refractivity contribution in [1.82, 2.24) is 0 Å². The number of hydrogen-bond acceptors (Lipinski definition) is 7. The molecule has 3 rings (SSSR count). The Bertz CT molecular complexity index is 988. The largest absolute Gasteiger partial charge is 0.495 e. The number of hydrogen-bond donors (Lipinski definition) is 3. The predicted octanol–water partition coefficient (Wildman–Crippen LogP) is 2.34. The van der Waals surface area contributed by atoms with Gasteiger partial charge in [0.15, 0.2) is 11.5 Å². The Kier molecular flexibility index (Phi) is 6.43. The van der Waals surface area contributed by atoms with Crippen molar-refractivity contribution in [1.29, 1.82) is 0 Å². The average molecular weight is 414 g/mol. The van der Waals surface area contributed by atoms with Crippen molar-refractivity contribution in [3.8, 4) is 23.0 Å². The van der Waals surface area contributed by atoms with Gasteiger partial charge in [-0.15, -0.1) is 0 Å². The standard InChI is InChI=1S/C21H22N2O7/c1-27-16-6-5-12(7-15(16)23-21(26)14(22)10-19(24)25)3-4-13-8-17(28-2)20-18(9-13)29-11-30-20/h3-9,14H,10-11,22H2,1-2H3,(H,23,26)(H,24,25)/b4-3-/t14-/m0/s1. The number of carboxylic acid groups (broad SMARTS) is 1. The molecule has 4 N–H and O–H groups in total. The van der Waals surface area contributed by atoms with Gasteiger partial charge in [-0.3, -0.25) is 9.59 Å². The summed E-state index contributed by atoms with van der Waals surface area (Å²) in [5.74, 6) is 0.399. The van der Waals surface area contributed by atoms with Crippen LogP contribution in [0.3, 0.4) is 0 Å². The van der Waals surface area contributed by atoms with Gasteiger partial charge in [-0.1, -0.05) is 18.2 Å². The topological polar surface area (TPSA) is 129 Å². The van der Waals surface area contributed by atoms with Gasteiger partial charge in [0.2, 0.25) is 18.4 Å². The first-order valence-electron chi connectivity index (χ1n) is 9.03. The lowest BCUT2D eigenvalue weighted by Crippen LogP contribution is -2.37. The van der Waals surface area contributed by atoms with Gasteiger partial charge in [-0.2, -0.15) is 0 Å². The molecule has 1 aliphatic heterocycles. The Labute approximate surface area is 173 Å². The Hall–Kier alpha value is -3.72. The first-order valence-corrected chi connectivity index (χ1v) is 9.03. The number of aliphatic carboxylic acids is 1. The summed E-state index contributed by atoms with van der Waals surface area (Å²) in [6, 6.07) is 7.68. The van der Waals surface area contributed by atoms with Crippen molar-refractivity contribution < 1.29 is 33.6 Å². The molecule has 9 heteroatoms. The van der Waals surface area contributed by atoms with Crippen LogP contribution in [0.2, 0.25) is 0 Å². The van der Waals surface area contributed by atoms with Crippen molar-refractivity contribution >= 4 is 29.7 Å². The lowest BCUT2D eigenvalue weighted by atomic mass is 10.1. The predicted molar refractivity (Wildman–Crippen MR) is 110 cm³/mol. The molecule has 0 aliphatic carbocycles. The summed E-state index contributed by atoms with van der Waals surface area (Å²) in [7, 11) is 3.02. The second-order valence-electron chi connectivity index (χ2n) is 6.44. The zero-order valence-corrected chi connectivity index (χ0v) is 16.5. The third-order valence-electron chi connectivity index (χ3n) is 4.36. The molecule has 1 aliphatic rings. The number of carbonyl (C=O) groups excluding carboxylic acids is 1. The van der Waals surface area contributed by atoms with E-state index in [-0.39, 0.29) is 6.79 Å². The molecule has 30 heavy (non-hydrogen) atoms. The summed E-state index contributed by atoms with van der Waals surface area (Å²) >= 11 is 0. The van der Waals surface area contributed by atoms with Gasteiger partial charge in [0.25, 0.3) is 0 Å². The summed E-state index contributed by atoms with van der Waals surface area (Å²) in [6.07, 6.45) is 3.22. The number of ether oxygens (including phenoxy) is 4. The molecule has 2 aromatic rings. The fourth-order valence-corrected chi connectivity index (χ4v) is 2.87. The number of amides is 1. The van der Waals surface area contributed by atoms with E-state index in [0.29, 0.717) is 28.7 Å². The Morgan fingerprint density at radius 2 is 1.87 bits per heavy atom. The van der Waals surface area contributed by atoms with Crippen LogP contribution < -0.4 is 30.0 Å². The number of anilines is 1. The highest BCUT2D eigenvalue weighted by Crippen LogP contribution is 2.42. The molecule has 0 saturated carbocycles. The van der Waals surface area contributed by atoms with Crippen LogP contribution in [-0.4, -0.2) is 44.0 Å². The first kappa shape index (κ1) is 21.0. The molecule has 1 amide bonds. The number of carbonyl (C=O) groups is 2. The molecular formula is C21H22N2O7. The second kappa shape index (κ2) is 9.19.